The van der Waals surface area contributed by atoms with Gasteiger partial charge in [0.2, 0.25) is 5.75 Å². The summed E-state index contributed by atoms with van der Waals surface area (Å²) < 4.78 is 21.0. The summed E-state index contributed by atoms with van der Waals surface area (Å²) in [5, 5.41) is 12.8. The van der Waals surface area contributed by atoms with Crippen molar-refractivity contribution in [3.05, 3.63) is 33.7 Å². The molecule has 1 N–H and O–H groups in total. The van der Waals surface area contributed by atoms with E-state index in [0.717, 1.165) is 29.7 Å². The fourth-order valence-corrected chi connectivity index (χ4v) is 5.10. The summed E-state index contributed by atoms with van der Waals surface area (Å²) in [6.45, 7) is 1.74. The fourth-order valence-electron chi connectivity index (χ4n) is 3.72. The molecule has 0 saturated carbocycles. The number of nitrogens with zero attached hydrogens (tertiary/aromatic N) is 1. The number of methoxy groups -OCH3 is 3. The Labute approximate surface area is 191 Å². The molecule has 0 spiro atoms. The third-order valence-corrected chi connectivity index (χ3v) is 6.48. The van der Waals surface area contributed by atoms with E-state index < -0.39 is 18.5 Å². The van der Waals surface area contributed by atoms with E-state index in [0.29, 0.717) is 39.3 Å². The van der Waals surface area contributed by atoms with Gasteiger partial charge >= 0.3 is 5.97 Å². The van der Waals surface area contributed by atoms with E-state index in [-0.39, 0.29) is 6.42 Å². The van der Waals surface area contributed by atoms with E-state index in [4.69, 9.17) is 18.9 Å². The second kappa shape index (κ2) is 10.4. The van der Waals surface area contributed by atoms with Crippen LogP contribution < -0.4 is 19.5 Å². The van der Waals surface area contributed by atoms with Crippen molar-refractivity contribution in [2.24, 2.45) is 5.92 Å². The molecule has 1 aromatic carbocycles. The molecule has 1 aliphatic carbocycles. The highest BCUT2D eigenvalue weighted by atomic mass is 32.1. The lowest BCUT2D eigenvalue weighted by Crippen LogP contribution is -2.21. The van der Waals surface area contributed by atoms with E-state index >= 15 is 0 Å². The summed E-state index contributed by atoms with van der Waals surface area (Å²) in [7, 11) is 4.47. The van der Waals surface area contributed by atoms with Crippen molar-refractivity contribution in [1.29, 1.82) is 5.26 Å². The Balaban J connectivity index is 1.60. The zero-order valence-electron chi connectivity index (χ0n) is 18.6. The molecule has 0 saturated heterocycles. The van der Waals surface area contributed by atoms with Gasteiger partial charge in [0.1, 0.15) is 11.1 Å². The highest BCUT2D eigenvalue weighted by molar-refractivity contribution is 7.16. The molecule has 1 unspecified atom stereocenters. The summed E-state index contributed by atoms with van der Waals surface area (Å²) in [5.41, 5.74) is 2.15. The molecule has 1 atom stereocenters. The number of rotatable bonds is 8. The fraction of sp³-hybridized carbons (Fsp3) is 0.435. The van der Waals surface area contributed by atoms with Gasteiger partial charge in [-0.15, -0.1) is 11.3 Å². The molecule has 0 radical (unpaired) electrons. The molecule has 9 heteroatoms. The minimum atomic E-state index is -0.575. The predicted molar refractivity (Wildman–Crippen MR) is 120 cm³/mol. The molecule has 32 heavy (non-hydrogen) atoms. The molecular formula is C23H26N2O6S. The van der Waals surface area contributed by atoms with E-state index in [1.54, 1.807) is 12.1 Å². The van der Waals surface area contributed by atoms with E-state index in [1.165, 1.54) is 32.7 Å². The largest absolute Gasteiger partial charge is 0.493 e. The second-order valence-electron chi connectivity index (χ2n) is 7.59. The molecule has 8 nitrogen and oxygen atoms in total. The average Bonchev–Trinajstić information content (AvgIpc) is 3.12. The van der Waals surface area contributed by atoms with Crippen LogP contribution >= 0.6 is 11.3 Å². The van der Waals surface area contributed by atoms with Crippen LogP contribution in [0.15, 0.2) is 12.1 Å². The van der Waals surface area contributed by atoms with Gasteiger partial charge in [0.15, 0.2) is 18.1 Å². The molecule has 0 aliphatic heterocycles. The van der Waals surface area contributed by atoms with Gasteiger partial charge in [0, 0.05) is 4.88 Å². The summed E-state index contributed by atoms with van der Waals surface area (Å²) in [6, 6.07) is 5.51. The van der Waals surface area contributed by atoms with Crippen LogP contribution in [0.4, 0.5) is 5.00 Å². The lowest BCUT2D eigenvalue weighted by Gasteiger charge is -2.17. The Morgan fingerprint density at radius 1 is 1.19 bits per heavy atom. The van der Waals surface area contributed by atoms with Gasteiger partial charge in [-0.1, -0.05) is 6.92 Å². The Hall–Kier alpha value is -3.25. The summed E-state index contributed by atoms with van der Waals surface area (Å²) in [5.74, 6) is 0.778. The summed E-state index contributed by atoms with van der Waals surface area (Å²) >= 11 is 1.43. The minimum Gasteiger partial charge on any atom is -0.493 e. The predicted octanol–water partition coefficient (Wildman–Crippen LogP) is 3.49. The maximum Gasteiger partial charge on any atom is 0.310 e. The van der Waals surface area contributed by atoms with Crippen molar-refractivity contribution in [3.63, 3.8) is 0 Å². The monoisotopic (exact) mass is 458 g/mol. The van der Waals surface area contributed by atoms with Crippen LogP contribution in [0.25, 0.3) is 0 Å². The molecule has 0 bridgehead atoms. The Bertz CT molecular complexity index is 1030. The van der Waals surface area contributed by atoms with Crippen LogP contribution in [0.2, 0.25) is 0 Å². The van der Waals surface area contributed by atoms with E-state index in [2.05, 4.69) is 18.3 Å². The van der Waals surface area contributed by atoms with Crippen molar-refractivity contribution in [2.75, 3.05) is 33.3 Å². The normalized spacial score (nSPS) is 14.7. The standard InChI is InChI=1S/C23H26N2O6S/c1-13-5-6-15-16(11-24)23(32-19(15)7-13)25-20(26)12-31-21(27)10-14-8-17(28-2)22(30-4)18(9-14)29-3/h8-9,13H,5-7,10,12H2,1-4H3,(H,25,26). The van der Waals surface area contributed by atoms with Gasteiger partial charge in [0.25, 0.3) is 5.91 Å². The summed E-state index contributed by atoms with van der Waals surface area (Å²) in [6.07, 6.45) is 2.72. The van der Waals surface area contributed by atoms with Gasteiger partial charge in [-0.3, -0.25) is 9.59 Å². The number of carbonyl (C=O) groups is 2. The van der Waals surface area contributed by atoms with Gasteiger partial charge in [-0.05, 0) is 48.4 Å². The zero-order chi connectivity index (χ0) is 23.3. The number of fused-ring (bicyclic) bond motifs is 1. The molecule has 0 fully saturated rings. The number of carbonyl (C=O) groups excluding carboxylic acids is 2. The summed E-state index contributed by atoms with van der Waals surface area (Å²) in [4.78, 5) is 25.8. The first-order valence-electron chi connectivity index (χ1n) is 10.2. The van der Waals surface area contributed by atoms with E-state index in [1.807, 2.05) is 0 Å². The third kappa shape index (κ3) is 5.14. The number of nitriles is 1. The van der Waals surface area contributed by atoms with Crippen LogP contribution in [0.1, 0.15) is 34.9 Å². The number of thiophene rings is 1. The number of esters is 1. The smallest absolute Gasteiger partial charge is 0.310 e. The second-order valence-corrected chi connectivity index (χ2v) is 8.69. The molecule has 2 aromatic rings. The van der Waals surface area contributed by atoms with E-state index in [9.17, 15) is 14.9 Å². The number of benzene rings is 1. The highest BCUT2D eigenvalue weighted by Crippen LogP contribution is 2.39. The van der Waals surface area contributed by atoms with Crippen LogP contribution in [-0.2, 0) is 33.6 Å². The average molecular weight is 459 g/mol. The van der Waals surface area contributed by atoms with Crippen molar-refractivity contribution in [3.8, 4) is 23.3 Å². The van der Waals surface area contributed by atoms with Crippen LogP contribution in [0.3, 0.4) is 0 Å². The number of hydrogen-bond acceptors (Lipinski definition) is 8. The number of nitrogens with one attached hydrogen (secondary N) is 1. The highest BCUT2D eigenvalue weighted by Gasteiger charge is 2.25. The van der Waals surface area contributed by atoms with Gasteiger partial charge in [0.05, 0.1) is 33.3 Å². The van der Waals surface area contributed by atoms with Crippen LogP contribution in [0.5, 0.6) is 17.2 Å². The molecule has 3 rings (SSSR count). The molecule has 1 aliphatic rings. The number of amides is 1. The lowest BCUT2D eigenvalue weighted by atomic mass is 9.89. The maximum absolute atomic E-state index is 12.4. The first-order chi connectivity index (χ1) is 15.4. The molecule has 170 valence electrons. The molecule has 1 heterocycles. The van der Waals surface area contributed by atoms with Gasteiger partial charge in [-0.2, -0.15) is 5.26 Å². The van der Waals surface area contributed by atoms with Gasteiger partial charge in [-0.25, -0.2) is 0 Å². The number of ether oxygens (including phenoxy) is 4. The number of anilines is 1. The minimum absolute atomic E-state index is 0.0708. The zero-order valence-corrected chi connectivity index (χ0v) is 19.4. The quantitative estimate of drug-likeness (QED) is 0.604. The third-order valence-electron chi connectivity index (χ3n) is 5.31. The van der Waals surface area contributed by atoms with Crippen LogP contribution in [-0.4, -0.2) is 39.8 Å². The molecule has 1 aromatic heterocycles. The first kappa shape index (κ1) is 23.4. The Morgan fingerprint density at radius 3 is 2.47 bits per heavy atom. The molecular weight excluding hydrogens is 432 g/mol. The lowest BCUT2D eigenvalue weighted by molar-refractivity contribution is -0.146. The Morgan fingerprint density at radius 2 is 1.88 bits per heavy atom. The topological polar surface area (TPSA) is 107 Å². The Kier molecular flexibility index (Phi) is 7.59. The van der Waals surface area contributed by atoms with Crippen molar-refractivity contribution < 1.29 is 28.5 Å². The number of hydrogen-bond donors (Lipinski definition) is 1. The maximum atomic E-state index is 12.4. The van der Waals surface area contributed by atoms with Crippen molar-refractivity contribution >= 4 is 28.2 Å². The van der Waals surface area contributed by atoms with Crippen molar-refractivity contribution in [1.82, 2.24) is 0 Å². The SMILES string of the molecule is COc1cc(CC(=O)OCC(=O)Nc2sc3c(c2C#N)CCC(C)C3)cc(OC)c1OC. The van der Waals surface area contributed by atoms with Crippen LogP contribution in [0, 0.1) is 17.2 Å². The van der Waals surface area contributed by atoms with Gasteiger partial charge < -0.3 is 24.3 Å². The first-order valence-corrected chi connectivity index (χ1v) is 11.0. The molecule has 1 amide bonds. The van der Waals surface area contributed by atoms with Crippen molar-refractivity contribution in [2.45, 2.75) is 32.6 Å².